The highest BCUT2D eigenvalue weighted by atomic mass is 16.3. The van der Waals surface area contributed by atoms with Crippen LogP contribution in [0.4, 0.5) is 0 Å². The van der Waals surface area contributed by atoms with Crippen molar-refractivity contribution in [1.29, 1.82) is 0 Å². The molecule has 0 aliphatic heterocycles. The van der Waals surface area contributed by atoms with Gasteiger partial charge in [-0.25, -0.2) is 0 Å². The van der Waals surface area contributed by atoms with Crippen LogP contribution in [0.3, 0.4) is 0 Å². The van der Waals surface area contributed by atoms with Gasteiger partial charge in [-0.1, -0.05) is 48.9 Å². The number of rotatable bonds is 4. The van der Waals surface area contributed by atoms with Gasteiger partial charge in [-0.05, 0) is 37.7 Å². The minimum atomic E-state index is -0.206. The zero-order chi connectivity index (χ0) is 12.1. The maximum absolute atomic E-state index is 10.2. The predicted molar refractivity (Wildman–Crippen MR) is 71.9 cm³/mol. The van der Waals surface area contributed by atoms with E-state index in [2.05, 4.69) is 30.8 Å². The average Bonchev–Trinajstić information content (AvgIpc) is 2.38. The Balaban J connectivity index is 1.84. The molecule has 2 atom stereocenters. The van der Waals surface area contributed by atoms with Crippen molar-refractivity contribution in [2.45, 2.75) is 44.6 Å². The van der Waals surface area contributed by atoms with Crippen LogP contribution in [0.1, 0.15) is 37.7 Å². The van der Waals surface area contributed by atoms with Crippen LogP contribution in [0.5, 0.6) is 0 Å². The summed E-state index contributed by atoms with van der Waals surface area (Å²) in [5.74, 6) is 0.340. The van der Waals surface area contributed by atoms with Crippen LogP contribution in [0.15, 0.2) is 42.5 Å². The molecule has 1 heteroatoms. The number of hydrogen-bond donors (Lipinski definition) is 1. The van der Waals surface area contributed by atoms with Gasteiger partial charge in [-0.3, -0.25) is 0 Å². The van der Waals surface area contributed by atoms with Crippen molar-refractivity contribution in [3.8, 4) is 0 Å². The van der Waals surface area contributed by atoms with Crippen LogP contribution in [-0.2, 0) is 6.42 Å². The normalized spacial score (nSPS) is 22.4. The van der Waals surface area contributed by atoms with E-state index in [1.165, 1.54) is 24.0 Å². The SMILES string of the molecule is C=C1CCCCC1C(O)CCc1ccccc1. The molecule has 0 amide bonds. The fourth-order valence-electron chi connectivity index (χ4n) is 2.73. The van der Waals surface area contributed by atoms with Gasteiger partial charge in [0.05, 0.1) is 6.10 Å². The predicted octanol–water partition coefficient (Wildman–Crippen LogP) is 3.73. The number of aryl methyl sites for hydroxylation is 1. The minimum absolute atomic E-state index is 0.206. The number of aliphatic hydroxyl groups excluding tert-OH is 1. The van der Waals surface area contributed by atoms with Gasteiger partial charge in [-0.2, -0.15) is 0 Å². The van der Waals surface area contributed by atoms with Gasteiger partial charge in [0.25, 0.3) is 0 Å². The van der Waals surface area contributed by atoms with E-state index in [0.717, 1.165) is 25.7 Å². The van der Waals surface area contributed by atoms with Crippen molar-refractivity contribution in [3.63, 3.8) is 0 Å². The van der Waals surface area contributed by atoms with Gasteiger partial charge in [-0.15, -0.1) is 0 Å². The Hall–Kier alpha value is -1.08. The highest BCUT2D eigenvalue weighted by Crippen LogP contribution is 2.31. The molecule has 0 spiro atoms. The lowest BCUT2D eigenvalue weighted by atomic mass is 9.80. The monoisotopic (exact) mass is 230 g/mol. The standard InChI is InChI=1S/C16H22O/c1-13-7-5-6-10-15(13)16(17)12-11-14-8-3-2-4-9-14/h2-4,8-9,15-17H,1,5-7,10-12H2. The first kappa shape index (κ1) is 12.4. The van der Waals surface area contributed by atoms with Crippen LogP contribution in [0, 0.1) is 5.92 Å². The molecule has 1 aromatic rings. The second-order valence-corrected chi connectivity index (χ2v) is 5.10. The van der Waals surface area contributed by atoms with E-state index in [-0.39, 0.29) is 6.10 Å². The summed E-state index contributed by atoms with van der Waals surface area (Å²) in [4.78, 5) is 0. The molecule has 92 valence electrons. The third kappa shape index (κ3) is 3.44. The zero-order valence-electron chi connectivity index (χ0n) is 10.4. The molecule has 2 rings (SSSR count). The van der Waals surface area contributed by atoms with E-state index in [9.17, 15) is 5.11 Å². The third-order valence-corrected chi connectivity index (χ3v) is 3.82. The molecule has 0 saturated heterocycles. The summed E-state index contributed by atoms with van der Waals surface area (Å²) in [5, 5.41) is 10.2. The van der Waals surface area contributed by atoms with Gasteiger partial charge < -0.3 is 5.11 Å². The van der Waals surface area contributed by atoms with Crippen LogP contribution in [-0.4, -0.2) is 11.2 Å². The molecule has 1 N–H and O–H groups in total. The molecule has 1 aliphatic rings. The molecule has 1 aliphatic carbocycles. The lowest BCUT2D eigenvalue weighted by Gasteiger charge is -2.29. The van der Waals surface area contributed by atoms with Crippen LogP contribution in [0.25, 0.3) is 0 Å². The summed E-state index contributed by atoms with van der Waals surface area (Å²) < 4.78 is 0. The largest absolute Gasteiger partial charge is 0.392 e. The Morgan fingerprint density at radius 3 is 2.71 bits per heavy atom. The van der Waals surface area contributed by atoms with Crippen molar-refractivity contribution in [2.24, 2.45) is 5.92 Å². The Morgan fingerprint density at radius 2 is 2.00 bits per heavy atom. The summed E-state index contributed by atoms with van der Waals surface area (Å²) in [6.07, 6.45) is 6.33. The average molecular weight is 230 g/mol. The first-order valence-electron chi connectivity index (χ1n) is 6.67. The summed E-state index contributed by atoms with van der Waals surface area (Å²) in [6, 6.07) is 10.4. The highest BCUT2D eigenvalue weighted by molar-refractivity contribution is 5.15. The number of benzene rings is 1. The van der Waals surface area contributed by atoms with Crippen LogP contribution < -0.4 is 0 Å². The molecule has 17 heavy (non-hydrogen) atoms. The number of hydrogen-bond acceptors (Lipinski definition) is 1. The molecule has 0 radical (unpaired) electrons. The van der Waals surface area contributed by atoms with Gasteiger partial charge in [0.1, 0.15) is 0 Å². The molecular formula is C16H22O. The van der Waals surface area contributed by atoms with Crippen molar-refractivity contribution in [3.05, 3.63) is 48.0 Å². The van der Waals surface area contributed by atoms with Crippen molar-refractivity contribution in [1.82, 2.24) is 0 Å². The smallest absolute Gasteiger partial charge is 0.0608 e. The lowest BCUT2D eigenvalue weighted by molar-refractivity contribution is 0.103. The second-order valence-electron chi connectivity index (χ2n) is 5.10. The summed E-state index contributed by atoms with van der Waals surface area (Å²) in [6.45, 7) is 4.11. The molecule has 0 heterocycles. The molecule has 0 bridgehead atoms. The maximum atomic E-state index is 10.2. The Morgan fingerprint density at radius 1 is 1.24 bits per heavy atom. The number of aliphatic hydroxyl groups is 1. The fraction of sp³-hybridized carbons (Fsp3) is 0.500. The second kappa shape index (κ2) is 6.02. The third-order valence-electron chi connectivity index (χ3n) is 3.82. The Labute approximate surface area is 104 Å². The molecule has 1 aromatic carbocycles. The van der Waals surface area contributed by atoms with E-state index in [4.69, 9.17) is 0 Å². The van der Waals surface area contributed by atoms with Crippen LogP contribution in [0.2, 0.25) is 0 Å². The molecule has 1 nitrogen and oxygen atoms in total. The van der Waals surface area contributed by atoms with Crippen molar-refractivity contribution in [2.75, 3.05) is 0 Å². The molecular weight excluding hydrogens is 208 g/mol. The Kier molecular flexibility index (Phi) is 4.38. The topological polar surface area (TPSA) is 20.2 Å². The fourth-order valence-corrected chi connectivity index (χ4v) is 2.73. The summed E-state index contributed by atoms with van der Waals surface area (Å²) in [7, 11) is 0. The summed E-state index contributed by atoms with van der Waals surface area (Å²) in [5.41, 5.74) is 2.57. The van der Waals surface area contributed by atoms with E-state index in [1.807, 2.05) is 6.07 Å². The van der Waals surface area contributed by atoms with Crippen LogP contribution >= 0.6 is 0 Å². The van der Waals surface area contributed by atoms with Gasteiger partial charge in [0, 0.05) is 5.92 Å². The van der Waals surface area contributed by atoms with Crippen molar-refractivity contribution < 1.29 is 5.11 Å². The zero-order valence-corrected chi connectivity index (χ0v) is 10.4. The maximum Gasteiger partial charge on any atom is 0.0608 e. The van der Waals surface area contributed by atoms with Gasteiger partial charge >= 0.3 is 0 Å². The molecule has 1 fully saturated rings. The molecule has 2 unspecified atom stereocenters. The van der Waals surface area contributed by atoms with E-state index in [1.54, 1.807) is 0 Å². The Bertz CT molecular complexity index is 355. The molecule has 0 aromatic heterocycles. The van der Waals surface area contributed by atoms with E-state index < -0.39 is 0 Å². The van der Waals surface area contributed by atoms with E-state index >= 15 is 0 Å². The minimum Gasteiger partial charge on any atom is -0.392 e. The van der Waals surface area contributed by atoms with E-state index in [0.29, 0.717) is 5.92 Å². The first-order chi connectivity index (χ1) is 8.27. The van der Waals surface area contributed by atoms with Gasteiger partial charge in [0.2, 0.25) is 0 Å². The van der Waals surface area contributed by atoms with Gasteiger partial charge in [0.15, 0.2) is 0 Å². The van der Waals surface area contributed by atoms with Crippen molar-refractivity contribution >= 4 is 0 Å². The lowest BCUT2D eigenvalue weighted by Crippen LogP contribution is -2.25. The molecule has 1 saturated carbocycles. The first-order valence-corrected chi connectivity index (χ1v) is 6.67. The highest BCUT2D eigenvalue weighted by Gasteiger charge is 2.24. The summed E-state index contributed by atoms with van der Waals surface area (Å²) >= 11 is 0. The quantitative estimate of drug-likeness (QED) is 0.781.